The molecular weight excluding hydrogens is 342 g/mol. The number of carbonyl (C=O) groups excluding carboxylic acids is 1. The van der Waals surface area contributed by atoms with E-state index >= 15 is 0 Å². The molecule has 6 nitrogen and oxygen atoms in total. The van der Waals surface area contributed by atoms with E-state index in [1.807, 2.05) is 30.3 Å². The molecular formula is C21H27N3O3. The highest BCUT2D eigenvalue weighted by atomic mass is 16.5. The predicted molar refractivity (Wildman–Crippen MR) is 105 cm³/mol. The highest BCUT2D eigenvalue weighted by Gasteiger charge is 2.21. The van der Waals surface area contributed by atoms with Gasteiger partial charge in [0, 0.05) is 24.4 Å². The Balaban J connectivity index is 1.40. The van der Waals surface area contributed by atoms with Gasteiger partial charge in [-0.15, -0.1) is 0 Å². The monoisotopic (exact) mass is 369 g/mol. The summed E-state index contributed by atoms with van der Waals surface area (Å²) in [4.78, 5) is 28.3. The Kier molecular flexibility index (Phi) is 6.65. The van der Waals surface area contributed by atoms with E-state index in [0.717, 1.165) is 43.7 Å². The number of rotatable bonds is 7. The Morgan fingerprint density at radius 3 is 2.70 bits per heavy atom. The predicted octanol–water partition coefficient (Wildman–Crippen LogP) is 1.95. The van der Waals surface area contributed by atoms with Crippen molar-refractivity contribution >= 4 is 5.91 Å². The number of amides is 1. The summed E-state index contributed by atoms with van der Waals surface area (Å²) in [6.45, 7) is 2.76. The number of methoxy groups -OCH3 is 1. The fourth-order valence-corrected chi connectivity index (χ4v) is 3.55. The molecule has 2 N–H and O–H groups in total. The smallest absolute Gasteiger partial charge is 0.247 e. The van der Waals surface area contributed by atoms with Gasteiger partial charge >= 0.3 is 0 Å². The number of ether oxygens (including phenoxy) is 1. The second-order valence-electron chi connectivity index (χ2n) is 7.07. The van der Waals surface area contributed by atoms with Gasteiger partial charge in [0.2, 0.25) is 11.5 Å². The van der Waals surface area contributed by atoms with Crippen LogP contribution < -0.4 is 15.6 Å². The van der Waals surface area contributed by atoms with E-state index in [-0.39, 0.29) is 11.5 Å². The van der Waals surface area contributed by atoms with Gasteiger partial charge in [-0.3, -0.25) is 14.5 Å². The molecule has 6 heteroatoms. The van der Waals surface area contributed by atoms with Crippen molar-refractivity contribution in [3.8, 4) is 5.75 Å². The molecule has 1 aromatic heterocycles. The maximum absolute atomic E-state index is 12.3. The molecule has 0 bridgehead atoms. The van der Waals surface area contributed by atoms with Gasteiger partial charge in [-0.2, -0.15) is 0 Å². The topological polar surface area (TPSA) is 74.4 Å². The lowest BCUT2D eigenvalue weighted by Crippen LogP contribution is -2.41. The summed E-state index contributed by atoms with van der Waals surface area (Å²) >= 11 is 0. The van der Waals surface area contributed by atoms with E-state index in [9.17, 15) is 9.59 Å². The Hall–Kier alpha value is -2.60. The Labute approximate surface area is 159 Å². The quantitative estimate of drug-likeness (QED) is 0.782. The molecule has 2 heterocycles. The Morgan fingerprint density at radius 2 is 2.00 bits per heavy atom. The van der Waals surface area contributed by atoms with Crippen molar-refractivity contribution in [2.45, 2.75) is 25.8 Å². The van der Waals surface area contributed by atoms with Crippen LogP contribution in [-0.2, 0) is 17.8 Å². The SMILES string of the molecule is COc1ccccc1CNC(=O)CN1CCC(Cc2ccc(=O)[nH]c2)CC1. The third kappa shape index (κ3) is 5.69. The number of likely N-dealkylation sites (tertiary alicyclic amines) is 1. The van der Waals surface area contributed by atoms with Gasteiger partial charge < -0.3 is 15.0 Å². The van der Waals surface area contributed by atoms with Crippen molar-refractivity contribution in [2.75, 3.05) is 26.7 Å². The third-order valence-electron chi connectivity index (χ3n) is 5.12. The highest BCUT2D eigenvalue weighted by Crippen LogP contribution is 2.21. The van der Waals surface area contributed by atoms with Gasteiger partial charge in [0.05, 0.1) is 13.7 Å². The molecule has 0 atom stereocenters. The van der Waals surface area contributed by atoms with Crippen LogP contribution in [0.2, 0.25) is 0 Å². The zero-order valence-corrected chi connectivity index (χ0v) is 15.7. The largest absolute Gasteiger partial charge is 0.496 e. The fraction of sp³-hybridized carbons (Fsp3) is 0.429. The van der Waals surface area contributed by atoms with Crippen LogP contribution in [0, 0.1) is 5.92 Å². The average Bonchev–Trinajstić information content (AvgIpc) is 2.70. The van der Waals surface area contributed by atoms with Crippen LogP contribution in [0.25, 0.3) is 0 Å². The lowest BCUT2D eigenvalue weighted by molar-refractivity contribution is -0.122. The van der Waals surface area contributed by atoms with Crippen LogP contribution in [0.15, 0.2) is 47.4 Å². The van der Waals surface area contributed by atoms with Gasteiger partial charge in [-0.05, 0) is 49.9 Å². The number of para-hydroxylation sites is 1. The minimum atomic E-state index is -0.0623. The van der Waals surface area contributed by atoms with Crippen LogP contribution in [0.1, 0.15) is 24.0 Å². The second kappa shape index (κ2) is 9.37. The summed E-state index contributed by atoms with van der Waals surface area (Å²) < 4.78 is 5.31. The Morgan fingerprint density at radius 1 is 1.22 bits per heavy atom. The molecule has 1 aromatic carbocycles. The standard InChI is InChI=1S/C21H27N3O3/c1-27-19-5-3-2-4-18(19)14-23-21(26)15-24-10-8-16(9-11-24)12-17-6-7-20(25)22-13-17/h2-7,13,16H,8-12,14-15H2,1H3,(H,22,25)(H,23,26). The van der Waals surface area contributed by atoms with E-state index in [1.54, 1.807) is 19.4 Å². The Bertz CT molecular complexity index is 790. The summed E-state index contributed by atoms with van der Waals surface area (Å²) in [5.74, 6) is 1.43. The molecule has 1 amide bonds. The number of carbonyl (C=O) groups is 1. The lowest BCUT2D eigenvalue weighted by Gasteiger charge is -2.31. The van der Waals surface area contributed by atoms with Gasteiger partial charge in [-0.1, -0.05) is 24.3 Å². The molecule has 3 rings (SSSR count). The minimum Gasteiger partial charge on any atom is -0.496 e. The maximum atomic E-state index is 12.3. The summed E-state index contributed by atoms with van der Waals surface area (Å²) in [7, 11) is 1.64. The molecule has 0 radical (unpaired) electrons. The molecule has 1 saturated heterocycles. The molecule has 1 aliphatic rings. The van der Waals surface area contributed by atoms with Gasteiger partial charge in [0.15, 0.2) is 0 Å². The second-order valence-corrected chi connectivity index (χ2v) is 7.07. The minimum absolute atomic E-state index is 0.0417. The molecule has 1 fully saturated rings. The number of nitrogens with one attached hydrogen (secondary N) is 2. The van der Waals surface area contributed by atoms with Crippen molar-refractivity contribution in [1.82, 2.24) is 15.2 Å². The van der Waals surface area contributed by atoms with Crippen molar-refractivity contribution in [3.63, 3.8) is 0 Å². The normalized spacial score (nSPS) is 15.4. The molecule has 144 valence electrons. The molecule has 1 aliphatic heterocycles. The number of aromatic nitrogens is 1. The number of benzene rings is 1. The number of nitrogens with zero attached hydrogens (tertiary/aromatic N) is 1. The summed E-state index contributed by atoms with van der Waals surface area (Å²) in [5, 5.41) is 2.98. The van der Waals surface area contributed by atoms with Crippen molar-refractivity contribution in [1.29, 1.82) is 0 Å². The first-order valence-electron chi connectivity index (χ1n) is 9.42. The third-order valence-corrected chi connectivity index (χ3v) is 5.12. The first kappa shape index (κ1) is 19.2. The first-order chi connectivity index (χ1) is 13.1. The van der Waals surface area contributed by atoms with E-state index in [2.05, 4.69) is 15.2 Å². The van der Waals surface area contributed by atoms with Crippen LogP contribution in [0.4, 0.5) is 0 Å². The van der Waals surface area contributed by atoms with E-state index < -0.39 is 0 Å². The van der Waals surface area contributed by atoms with Crippen molar-refractivity contribution < 1.29 is 9.53 Å². The highest BCUT2D eigenvalue weighted by molar-refractivity contribution is 5.78. The summed E-state index contributed by atoms with van der Waals surface area (Å²) in [6.07, 6.45) is 4.92. The number of pyridine rings is 1. The fourth-order valence-electron chi connectivity index (χ4n) is 3.55. The molecule has 0 aliphatic carbocycles. The molecule has 27 heavy (non-hydrogen) atoms. The van der Waals surface area contributed by atoms with Crippen molar-refractivity contribution in [2.24, 2.45) is 5.92 Å². The van der Waals surface area contributed by atoms with Crippen LogP contribution in [0.5, 0.6) is 5.75 Å². The number of aromatic amines is 1. The molecule has 0 saturated carbocycles. The zero-order chi connectivity index (χ0) is 19.1. The number of hydrogen-bond donors (Lipinski definition) is 2. The summed E-state index contributed by atoms with van der Waals surface area (Å²) in [6, 6.07) is 11.2. The molecule has 2 aromatic rings. The number of piperidine rings is 1. The number of H-pyrrole nitrogens is 1. The van der Waals surface area contributed by atoms with Crippen LogP contribution >= 0.6 is 0 Å². The first-order valence-corrected chi connectivity index (χ1v) is 9.42. The van der Waals surface area contributed by atoms with Crippen molar-refractivity contribution in [3.05, 3.63) is 64.1 Å². The lowest BCUT2D eigenvalue weighted by atomic mass is 9.91. The molecule has 0 spiro atoms. The van der Waals surface area contributed by atoms with Gasteiger partial charge in [0.1, 0.15) is 5.75 Å². The van der Waals surface area contributed by atoms with E-state index in [4.69, 9.17) is 4.74 Å². The summed E-state index contributed by atoms with van der Waals surface area (Å²) in [5.41, 5.74) is 2.09. The molecule has 0 unspecified atom stereocenters. The van der Waals surface area contributed by atoms with Gasteiger partial charge in [-0.25, -0.2) is 0 Å². The number of hydrogen-bond acceptors (Lipinski definition) is 4. The van der Waals surface area contributed by atoms with Gasteiger partial charge in [0.25, 0.3) is 0 Å². The maximum Gasteiger partial charge on any atom is 0.247 e. The van der Waals surface area contributed by atoms with Crippen LogP contribution in [0.3, 0.4) is 0 Å². The zero-order valence-electron chi connectivity index (χ0n) is 15.7. The van der Waals surface area contributed by atoms with Crippen LogP contribution in [-0.4, -0.2) is 42.5 Å². The average molecular weight is 369 g/mol. The van der Waals surface area contributed by atoms with E-state index in [0.29, 0.717) is 19.0 Å². The van der Waals surface area contributed by atoms with E-state index in [1.165, 1.54) is 5.56 Å².